The molecule has 4 aliphatic rings. The van der Waals surface area contributed by atoms with Gasteiger partial charge in [0.25, 0.3) is 0 Å². The Kier molecular flexibility index (Phi) is 4.11. The van der Waals surface area contributed by atoms with Gasteiger partial charge in [-0.05, 0) is 98.2 Å². The number of fused-ring (bicyclic) bond motifs is 5. The molecule has 0 N–H and O–H groups in total. The van der Waals surface area contributed by atoms with Gasteiger partial charge in [0.1, 0.15) is 0 Å². The number of hydrogen-bond acceptors (Lipinski definition) is 1. The molecule has 0 amide bonds. The first kappa shape index (κ1) is 16.4. The molecule has 4 rings (SSSR count). The van der Waals surface area contributed by atoms with Crippen LogP contribution >= 0.6 is 0 Å². The standard InChI is InChI=1S/C22H38O/c1-5-15-7-9-19-18-8-6-16-14-17(23-4)10-12-22(16,3)20(18)11-13-21(15,19)2/h15-20H,5-14H2,1-4H3/t15-,16-,17?,18-,19-,20-,21+,22-/m0/s1. The summed E-state index contributed by atoms with van der Waals surface area (Å²) in [6.45, 7) is 7.79. The lowest BCUT2D eigenvalue weighted by atomic mass is 9.44. The zero-order chi connectivity index (χ0) is 16.2. The predicted octanol–water partition coefficient (Wildman–Crippen LogP) is 6.07. The maximum atomic E-state index is 5.74. The van der Waals surface area contributed by atoms with E-state index in [2.05, 4.69) is 20.8 Å². The van der Waals surface area contributed by atoms with Crippen molar-refractivity contribution < 1.29 is 4.74 Å². The van der Waals surface area contributed by atoms with Crippen LogP contribution in [0.3, 0.4) is 0 Å². The lowest BCUT2D eigenvalue weighted by Gasteiger charge is -2.61. The van der Waals surface area contributed by atoms with Crippen LogP contribution in [0, 0.1) is 40.4 Å². The molecule has 0 bridgehead atoms. The van der Waals surface area contributed by atoms with Gasteiger partial charge in [0.05, 0.1) is 6.10 Å². The molecule has 4 aliphatic carbocycles. The molecule has 0 aliphatic heterocycles. The van der Waals surface area contributed by atoms with E-state index in [4.69, 9.17) is 4.74 Å². The smallest absolute Gasteiger partial charge is 0.0574 e. The minimum Gasteiger partial charge on any atom is -0.381 e. The largest absolute Gasteiger partial charge is 0.381 e. The summed E-state index contributed by atoms with van der Waals surface area (Å²) >= 11 is 0. The first-order chi connectivity index (χ1) is 11.0. The normalized spacial score (nSPS) is 55.8. The van der Waals surface area contributed by atoms with Gasteiger partial charge in [-0.25, -0.2) is 0 Å². The molecular weight excluding hydrogens is 280 g/mol. The Bertz CT molecular complexity index is 445. The maximum Gasteiger partial charge on any atom is 0.0574 e. The second-order valence-electron chi connectivity index (χ2n) is 10.0. The van der Waals surface area contributed by atoms with Crippen molar-refractivity contribution in [3.8, 4) is 0 Å². The number of rotatable bonds is 2. The summed E-state index contributed by atoms with van der Waals surface area (Å²) in [5.41, 5.74) is 1.31. The van der Waals surface area contributed by atoms with Gasteiger partial charge in [0.15, 0.2) is 0 Å². The van der Waals surface area contributed by atoms with Crippen LogP contribution in [0.5, 0.6) is 0 Å². The first-order valence-electron chi connectivity index (χ1n) is 10.6. The summed E-state index contributed by atoms with van der Waals surface area (Å²) in [4.78, 5) is 0. The fraction of sp³-hybridized carbons (Fsp3) is 1.00. The van der Waals surface area contributed by atoms with E-state index in [1.807, 2.05) is 7.11 Å². The van der Waals surface area contributed by atoms with Crippen molar-refractivity contribution in [2.45, 2.75) is 91.1 Å². The Labute approximate surface area is 143 Å². The molecule has 1 unspecified atom stereocenters. The highest BCUT2D eigenvalue weighted by Crippen LogP contribution is 2.67. The Balaban J connectivity index is 1.58. The quantitative estimate of drug-likeness (QED) is 0.600. The molecule has 4 fully saturated rings. The van der Waals surface area contributed by atoms with E-state index in [1.165, 1.54) is 64.2 Å². The minimum absolute atomic E-state index is 0.550. The summed E-state index contributed by atoms with van der Waals surface area (Å²) in [5.74, 6) is 5.07. The van der Waals surface area contributed by atoms with Crippen LogP contribution < -0.4 is 0 Å². The van der Waals surface area contributed by atoms with E-state index >= 15 is 0 Å². The predicted molar refractivity (Wildman–Crippen MR) is 96.3 cm³/mol. The lowest BCUT2D eigenvalue weighted by molar-refractivity contribution is -0.130. The van der Waals surface area contributed by atoms with Crippen molar-refractivity contribution in [3.05, 3.63) is 0 Å². The zero-order valence-corrected chi connectivity index (χ0v) is 15.9. The van der Waals surface area contributed by atoms with Crippen molar-refractivity contribution in [3.63, 3.8) is 0 Å². The van der Waals surface area contributed by atoms with E-state index in [-0.39, 0.29) is 0 Å². The molecular formula is C22H38O. The van der Waals surface area contributed by atoms with Crippen LogP contribution in [-0.2, 0) is 4.74 Å². The molecule has 1 heteroatoms. The van der Waals surface area contributed by atoms with E-state index in [0.29, 0.717) is 16.9 Å². The molecule has 0 aromatic carbocycles. The van der Waals surface area contributed by atoms with Gasteiger partial charge in [-0.15, -0.1) is 0 Å². The van der Waals surface area contributed by atoms with Crippen LogP contribution in [0.25, 0.3) is 0 Å². The van der Waals surface area contributed by atoms with Gasteiger partial charge < -0.3 is 4.74 Å². The summed E-state index contributed by atoms with van der Waals surface area (Å²) < 4.78 is 5.74. The Morgan fingerprint density at radius 1 is 0.870 bits per heavy atom. The van der Waals surface area contributed by atoms with Gasteiger partial charge in [0.2, 0.25) is 0 Å². The molecule has 23 heavy (non-hydrogen) atoms. The fourth-order valence-corrected chi connectivity index (χ4v) is 8.21. The maximum absolute atomic E-state index is 5.74. The van der Waals surface area contributed by atoms with Crippen molar-refractivity contribution >= 4 is 0 Å². The van der Waals surface area contributed by atoms with Gasteiger partial charge in [0, 0.05) is 7.11 Å². The molecule has 1 nitrogen and oxygen atoms in total. The number of ether oxygens (including phenoxy) is 1. The van der Waals surface area contributed by atoms with Crippen LogP contribution in [0.2, 0.25) is 0 Å². The SMILES string of the molecule is CC[C@H]1CC[C@H]2[C@@H]3CC[C@H]4CC(OC)CC[C@]4(C)[C@H]3CC[C@]12C. The summed E-state index contributed by atoms with van der Waals surface area (Å²) in [7, 11) is 1.93. The van der Waals surface area contributed by atoms with Crippen LogP contribution in [0.15, 0.2) is 0 Å². The minimum atomic E-state index is 0.550. The third kappa shape index (κ3) is 2.28. The van der Waals surface area contributed by atoms with Crippen molar-refractivity contribution in [2.24, 2.45) is 40.4 Å². The topological polar surface area (TPSA) is 9.23 Å². The monoisotopic (exact) mass is 318 g/mol. The molecule has 0 saturated heterocycles. The van der Waals surface area contributed by atoms with Gasteiger partial charge in [-0.2, -0.15) is 0 Å². The molecule has 4 saturated carbocycles. The average Bonchev–Trinajstić information content (AvgIpc) is 2.90. The summed E-state index contributed by atoms with van der Waals surface area (Å²) in [6.07, 6.45) is 15.2. The van der Waals surface area contributed by atoms with Gasteiger partial charge in [-0.3, -0.25) is 0 Å². The summed E-state index contributed by atoms with van der Waals surface area (Å²) in [6, 6.07) is 0. The summed E-state index contributed by atoms with van der Waals surface area (Å²) in [5, 5.41) is 0. The van der Waals surface area contributed by atoms with Crippen LogP contribution in [0.1, 0.15) is 85.0 Å². The lowest BCUT2D eigenvalue weighted by Crippen LogP contribution is -2.54. The van der Waals surface area contributed by atoms with Crippen molar-refractivity contribution in [2.75, 3.05) is 7.11 Å². The van der Waals surface area contributed by atoms with Gasteiger partial charge in [-0.1, -0.05) is 27.2 Å². The average molecular weight is 319 g/mol. The fourth-order valence-electron chi connectivity index (χ4n) is 8.21. The van der Waals surface area contributed by atoms with Crippen LogP contribution in [0.4, 0.5) is 0 Å². The number of methoxy groups -OCH3 is 1. The van der Waals surface area contributed by atoms with E-state index in [9.17, 15) is 0 Å². The molecule has 0 radical (unpaired) electrons. The Morgan fingerprint density at radius 2 is 1.61 bits per heavy atom. The second kappa shape index (κ2) is 5.75. The van der Waals surface area contributed by atoms with E-state index in [0.717, 1.165) is 29.6 Å². The van der Waals surface area contributed by atoms with Crippen molar-refractivity contribution in [1.82, 2.24) is 0 Å². The Morgan fingerprint density at radius 3 is 2.35 bits per heavy atom. The van der Waals surface area contributed by atoms with Crippen LogP contribution in [-0.4, -0.2) is 13.2 Å². The third-order valence-electron chi connectivity index (χ3n) is 9.64. The molecule has 0 heterocycles. The van der Waals surface area contributed by atoms with E-state index in [1.54, 1.807) is 0 Å². The molecule has 0 spiro atoms. The molecule has 132 valence electrons. The van der Waals surface area contributed by atoms with E-state index < -0.39 is 0 Å². The Hall–Kier alpha value is -0.0400. The second-order valence-corrected chi connectivity index (χ2v) is 10.0. The van der Waals surface area contributed by atoms with Crippen molar-refractivity contribution in [1.29, 1.82) is 0 Å². The highest BCUT2D eigenvalue weighted by Gasteiger charge is 2.59. The van der Waals surface area contributed by atoms with Gasteiger partial charge >= 0.3 is 0 Å². The zero-order valence-electron chi connectivity index (χ0n) is 15.9. The third-order valence-corrected chi connectivity index (χ3v) is 9.64. The molecule has 0 aromatic heterocycles. The first-order valence-corrected chi connectivity index (χ1v) is 10.6. The number of hydrogen-bond donors (Lipinski definition) is 0. The molecule has 0 aromatic rings. The highest BCUT2D eigenvalue weighted by atomic mass is 16.5. The molecule has 8 atom stereocenters. The highest BCUT2D eigenvalue weighted by molar-refractivity contribution is 5.09.